The Morgan fingerprint density at radius 3 is 1.69 bits per heavy atom. The van der Waals surface area contributed by atoms with E-state index in [0.29, 0.717) is 0 Å². The third kappa shape index (κ3) is 3.99. The Labute approximate surface area is 158 Å². The molecule has 0 N–H and O–H groups in total. The van der Waals surface area contributed by atoms with Crippen LogP contribution in [0.25, 0.3) is 0 Å². The van der Waals surface area contributed by atoms with Gasteiger partial charge in [-0.2, -0.15) is 0 Å². The van der Waals surface area contributed by atoms with E-state index < -0.39 is 5.60 Å². The molecule has 2 aromatic rings. The van der Waals surface area contributed by atoms with Gasteiger partial charge in [0, 0.05) is 30.0 Å². The van der Waals surface area contributed by atoms with Crippen LogP contribution in [-0.2, 0) is 15.1 Å². The van der Waals surface area contributed by atoms with E-state index >= 15 is 0 Å². The predicted octanol–water partition coefficient (Wildman–Crippen LogP) is 4.86. The molecule has 0 heterocycles. The van der Waals surface area contributed by atoms with Gasteiger partial charge in [-0.05, 0) is 20.0 Å². The highest BCUT2D eigenvalue weighted by Gasteiger charge is 2.46. The Hall–Kier alpha value is -2.13. The summed E-state index contributed by atoms with van der Waals surface area (Å²) in [5.41, 5.74) is 1.19. The van der Waals surface area contributed by atoms with Gasteiger partial charge in [-0.15, -0.1) is 0 Å². The molecular weight excluding hydrogens is 322 g/mol. The molecular formula is C23H31NO2. The van der Waals surface area contributed by atoms with Gasteiger partial charge in [0.25, 0.3) is 0 Å². The van der Waals surface area contributed by atoms with E-state index in [1.807, 2.05) is 36.4 Å². The zero-order chi connectivity index (χ0) is 19.2. The highest BCUT2D eigenvalue weighted by Crippen LogP contribution is 2.43. The van der Waals surface area contributed by atoms with Crippen molar-refractivity contribution in [2.75, 3.05) is 13.1 Å². The van der Waals surface area contributed by atoms with Gasteiger partial charge in [0.15, 0.2) is 5.60 Å². The first kappa shape index (κ1) is 20.2. The van der Waals surface area contributed by atoms with Gasteiger partial charge >= 0.3 is 5.97 Å². The maximum Gasteiger partial charge on any atom is 0.303 e. The van der Waals surface area contributed by atoms with Crippen LogP contribution in [0.3, 0.4) is 0 Å². The molecule has 0 saturated heterocycles. The molecule has 0 bridgehead atoms. The highest BCUT2D eigenvalue weighted by molar-refractivity contribution is 5.67. The van der Waals surface area contributed by atoms with Crippen LogP contribution in [0.4, 0.5) is 0 Å². The molecule has 0 amide bonds. The minimum Gasteiger partial charge on any atom is -0.449 e. The Balaban J connectivity index is 2.68. The van der Waals surface area contributed by atoms with Crippen molar-refractivity contribution in [1.82, 2.24) is 4.90 Å². The van der Waals surface area contributed by atoms with Crippen molar-refractivity contribution in [1.29, 1.82) is 0 Å². The van der Waals surface area contributed by atoms with Crippen molar-refractivity contribution in [3.8, 4) is 0 Å². The summed E-state index contributed by atoms with van der Waals surface area (Å²) in [5, 5.41) is 0. The summed E-state index contributed by atoms with van der Waals surface area (Å²) >= 11 is 0. The van der Waals surface area contributed by atoms with E-state index in [1.165, 1.54) is 6.92 Å². The molecule has 0 spiro atoms. The average Bonchev–Trinajstić information content (AvgIpc) is 2.67. The number of ether oxygens (including phenoxy) is 1. The number of nitrogens with zero attached hydrogens (tertiary/aromatic N) is 1. The summed E-state index contributed by atoms with van der Waals surface area (Å²) in [6.45, 7) is 12.2. The van der Waals surface area contributed by atoms with Gasteiger partial charge in [0.2, 0.25) is 0 Å². The summed E-state index contributed by atoms with van der Waals surface area (Å²) in [7, 11) is 0. The van der Waals surface area contributed by atoms with Gasteiger partial charge in [-0.25, -0.2) is 0 Å². The lowest BCUT2D eigenvalue weighted by molar-refractivity contribution is -0.161. The molecule has 0 aliphatic heterocycles. The molecule has 0 fully saturated rings. The molecule has 0 aromatic heterocycles. The van der Waals surface area contributed by atoms with Gasteiger partial charge in [0.05, 0.1) is 0 Å². The van der Waals surface area contributed by atoms with Crippen molar-refractivity contribution in [3.63, 3.8) is 0 Å². The fraction of sp³-hybridized carbons (Fsp3) is 0.435. The number of hydrogen-bond donors (Lipinski definition) is 0. The smallest absolute Gasteiger partial charge is 0.303 e. The van der Waals surface area contributed by atoms with Gasteiger partial charge < -0.3 is 9.64 Å². The number of carbonyl (C=O) groups excluding carboxylic acids is 1. The maximum atomic E-state index is 12.2. The second-order valence-corrected chi connectivity index (χ2v) is 6.81. The molecule has 140 valence electrons. The summed E-state index contributed by atoms with van der Waals surface area (Å²) in [6, 6.07) is 20.5. The largest absolute Gasteiger partial charge is 0.449 e. The number of hydrogen-bond acceptors (Lipinski definition) is 3. The number of carbonyl (C=O) groups is 1. The fourth-order valence-electron chi connectivity index (χ4n) is 3.96. The van der Waals surface area contributed by atoms with Crippen LogP contribution in [0, 0.1) is 5.92 Å². The molecule has 2 rings (SSSR count). The maximum absolute atomic E-state index is 12.2. The van der Waals surface area contributed by atoms with Crippen molar-refractivity contribution >= 4 is 5.97 Å². The van der Waals surface area contributed by atoms with E-state index in [1.54, 1.807) is 0 Å². The van der Waals surface area contributed by atoms with Gasteiger partial charge in [0.1, 0.15) is 0 Å². The van der Waals surface area contributed by atoms with Gasteiger partial charge in [-0.3, -0.25) is 4.79 Å². The van der Waals surface area contributed by atoms with Crippen LogP contribution in [-0.4, -0.2) is 30.0 Å². The minimum absolute atomic E-state index is 0.0658. The zero-order valence-electron chi connectivity index (χ0n) is 16.6. The summed E-state index contributed by atoms with van der Waals surface area (Å²) in [4.78, 5) is 14.6. The van der Waals surface area contributed by atoms with E-state index in [9.17, 15) is 4.79 Å². The van der Waals surface area contributed by atoms with E-state index in [0.717, 1.165) is 24.2 Å². The molecule has 0 aliphatic carbocycles. The van der Waals surface area contributed by atoms with E-state index in [-0.39, 0.29) is 17.9 Å². The SMILES string of the molecule is CCN(CC)C(C)C(C)C(OC(C)=O)(c1ccccc1)c1ccccc1. The third-order valence-electron chi connectivity index (χ3n) is 5.46. The number of esters is 1. The molecule has 0 radical (unpaired) electrons. The molecule has 0 aliphatic rings. The number of rotatable bonds is 8. The van der Waals surface area contributed by atoms with E-state index in [4.69, 9.17) is 4.74 Å². The first-order valence-corrected chi connectivity index (χ1v) is 9.52. The summed E-state index contributed by atoms with van der Waals surface area (Å²) < 4.78 is 6.17. The normalized spacial score (nSPS) is 14.1. The van der Waals surface area contributed by atoms with Crippen LogP contribution in [0.2, 0.25) is 0 Å². The lowest BCUT2D eigenvalue weighted by Gasteiger charge is -2.44. The quantitative estimate of drug-likeness (QED) is 0.635. The molecule has 2 unspecified atom stereocenters. The van der Waals surface area contributed by atoms with Crippen molar-refractivity contribution < 1.29 is 9.53 Å². The van der Waals surface area contributed by atoms with E-state index in [2.05, 4.69) is 56.9 Å². The van der Waals surface area contributed by atoms with Crippen molar-refractivity contribution in [3.05, 3.63) is 71.8 Å². The molecule has 3 nitrogen and oxygen atoms in total. The van der Waals surface area contributed by atoms with Crippen molar-refractivity contribution in [2.45, 2.75) is 46.3 Å². The zero-order valence-corrected chi connectivity index (χ0v) is 16.6. The van der Waals surface area contributed by atoms with Crippen molar-refractivity contribution in [2.24, 2.45) is 5.92 Å². The van der Waals surface area contributed by atoms with Crippen LogP contribution in [0.15, 0.2) is 60.7 Å². The fourth-order valence-corrected chi connectivity index (χ4v) is 3.96. The Kier molecular flexibility index (Phi) is 6.98. The Bertz CT molecular complexity index is 640. The predicted molar refractivity (Wildman–Crippen MR) is 107 cm³/mol. The second-order valence-electron chi connectivity index (χ2n) is 6.81. The highest BCUT2D eigenvalue weighted by atomic mass is 16.6. The number of benzene rings is 2. The standard InChI is InChI=1S/C23H31NO2/c1-6-24(7-2)19(4)18(3)23(26-20(5)25,21-14-10-8-11-15-21)22-16-12-9-13-17-22/h8-19H,6-7H2,1-5H3. The molecule has 0 saturated carbocycles. The average molecular weight is 354 g/mol. The van der Waals surface area contributed by atoms with Crippen LogP contribution >= 0.6 is 0 Å². The lowest BCUT2D eigenvalue weighted by atomic mass is 9.73. The topological polar surface area (TPSA) is 29.5 Å². The molecule has 26 heavy (non-hydrogen) atoms. The van der Waals surface area contributed by atoms with Gasteiger partial charge in [-0.1, -0.05) is 81.4 Å². The monoisotopic (exact) mass is 353 g/mol. The minimum atomic E-state index is -0.823. The van der Waals surface area contributed by atoms with Crippen LogP contribution in [0.5, 0.6) is 0 Å². The lowest BCUT2D eigenvalue weighted by Crippen LogP contribution is -2.49. The molecule has 2 aromatic carbocycles. The Morgan fingerprint density at radius 2 is 1.35 bits per heavy atom. The van der Waals surface area contributed by atoms with Crippen LogP contribution in [0.1, 0.15) is 45.7 Å². The molecule has 3 heteroatoms. The summed E-state index contributed by atoms with van der Waals surface area (Å²) in [5.74, 6) is -0.201. The van der Waals surface area contributed by atoms with Crippen LogP contribution < -0.4 is 0 Å². The second kappa shape index (κ2) is 9.00. The third-order valence-corrected chi connectivity index (χ3v) is 5.46. The summed E-state index contributed by atoms with van der Waals surface area (Å²) in [6.07, 6.45) is 0. The Morgan fingerprint density at radius 1 is 0.923 bits per heavy atom. The first-order valence-electron chi connectivity index (χ1n) is 9.52. The first-order chi connectivity index (χ1) is 12.5. The molecule has 2 atom stereocenters.